The zero-order valence-electron chi connectivity index (χ0n) is 6.05. The average molecular weight is 154 g/mol. The van der Waals surface area contributed by atoms with Gasteiger partial charge in [0.1, 0.15) is 0 Å². The maximum absolute atomic E-state index is 8.08. The van der Waals surface area contributed by atoms with Crippen LogP contribution in [0.5, 0.6) is 0 Å². The minimum atomic E-state index is -0.458. The van der Waals surface area contributed by atoms with E-state index in [1.807, 2.05) is 0 Å². The molecular formula is C7H10N2O2. The lowest BCUT2D eigenvalue weighted by Crippen LogP contribution is -1.79. The van der Waals surface area contributed by atoms with Gasteiger partial charge in [-0.2, -0.15) is 0 Å². The molecule has 0 aliphatic heterocycles. The van der Waals surface area contributed by atoms with Crippen molar-refractivity contribution < 1.29 is 9.94 Å². The van der Waals surface area contributed by atoms with Crippen LogP contribution in [0.2, 0.25) is 0 Å². The van der Waals surface area contributed by atoms with Gasteiger partial charge in [-0.3, -0.25) is 0 Å². The van der Waals surface area contributed by atoms with Gasteiger partial charge in [0.2, 0.25) is 6.79 Å². The van der Waals surface area contributed by atoms with Crippen LogP contribution in [0.25, 0.3) is 0 Å². The van der Waals surface area contributed by atoms with E-state index in [2.05, 4.69) is 21.8 Å². The Morgan fingerprint density at radius 3 is 2.82 bits per heavy atom. The van der Waals surface area contributed by atoms with Gasteiger partial charge >= 0.3 is 0 Å². The van der Waals surface area contributed by atoms with Crippen LogP contribution in [0.4, 0.5) is 0 Å². The van der Waals surface area contributed by atoms with Crippen molar-refractivity contribution in [3.8, 4) is 0 Å². The van der Waals surface area contributed by atoms with E-state index in [1.165, 1.54) is 6.20 Å². The number of aliphatic hydroxyl groups is 1. The number of rotatable bonds is 5. The van der Waals surface area contributed by atoms with E-state index in [4.69, 9.17) is 5.11 Å². The summed E-state index contributed by atoms with van der Waals surface area (Å²) in [6, 6.07) is 0. The summed E-state index contributed by atoms with van der Waals surface area (Å²) >= 11 is 0. The van der Waals surface area contributed by atoms with Crippen molar-refractivity contribution >= 4 is 0 Å². The Labute approximate surface area is 65.2 Å². The van der Waals surface area contributed by atoms with Crippen LogP contribution in [0.15, 0.2) is 47.5 Å². The number of nitrogens with zero attached hydrogens (tertiary/aromatic N) is 2. The third-order valence-corrected chi connectivity index (χ3v) is 0.674. The summed E-state index contributed by atoms with van der Waals surface area (Å²) < 4.78 is 0. The molecule has 0 aliphatic rings. The molecule has 0 atom stereocenters. The van der Waals surface area contributed by atoms with E-state index < -0.39 is 6.79 Å². The molecule has 0 aromatic rings. The molecule has 0 unspecified atom stereocenters. The van der Waals surface area contributed by atoms with Crippen LogP contribution in [-0.2, 0) is 4.84 Å². The van der Waals surface area contributed by atoms with Crippen molar-refractivity contribution in [1.82, 2.24) is 0 Å². The second-order valence-corrected chi connectivity index (χ2v) is 1.42. The van der Waals surface area contributed by atoms with Crippen LogP contribution in [0.1, 0.15) is 0 Å². The van der Waals surface area contributed by atoms with Crippen LogP contribution in [0.3, 0.4) is 0 Å². The SMILES string of the molecule is C=C/C=C\C=C\N=NOCO. The van der Waals surface area contributed by atoms with Gasteiger partial charge in [-0.1, -0.05) is 24.8 Å². The second kappa shape index (κ2) is 8.58. The Bertz CT molecular complexity index is 173. The highest BCUT2D eigenvalue weighted by Crippen LogP contribution is 1.82. The molecule has 0 heterocycles. The summed E-state index contributed by atoms with van der Waals surface area (Å²) in [6.07, 6.45) is 8.22. The first-order valence-electron chi connectivity index (χ1n) is 2.99. The molecule has 4 heteroatoms. The fraction of sp³-hybridized carbons (Fsp3) is 0.143. The molecule has 0 spiro atoms. The van der Waals surface area contributed by atoms with Gasteiger partial charge in [0.05, 0.1) is 6.20 Å². The molecule has 1 N–H and O–H groups in total. The van der Waals surface area contributed by atoms with Gasteiger partial charge in [-0.05, 0) is 6.08 Å². The van der Waals surface area contributed by atoms with Crippen molar-refractivity contribution in [2.45, 2.75) is 0 Å². The fourth-order valence-electron chi connectivity index (χ4n) is 0.317. The number of allylic oxidation sites excluding steroid dienone is 4. The summed E-state index contributed by atoms with van der Waals surface area (Å²) in [5.74, 6) is 0. The molecule has 0 saturated heterocycles. The van der Waals surface area contributed by atoms with Crippen molar-refractivity contribution in [1.29, 1.82) is 0 Å². The first-order chi connectivity index (χ1) is 5.41. The van der Waals surface area contributed by atoms with Crippen molar-refractivity contribution in [3.63, 3.8) is 0 Å². The average Bonchev–Trinajstić information content (AvgIpc) is 2.03. The standard InChI is InChI=1S/C7H10N2O2/c1-2-3-4-5-6-8-9-11-7-10/h2-6,10H,1,7H2/b4-3-,6-5+,9-8?. The van der Waals surface area contributed by atoms with Gasteiger partial charge < -0.3 is 9.94 Å². The quantitative estimate of drug-likeness (QED) is 0.283. The van der Waals surface area contributed by atoms with Crippen molar-refractivity contribution in [3.05, 3.63) is 37.1 Å². The van der Waals surface area contributed by atoms with E-state index in [1.54, 1.807) is 24.3 Å². The predicted molar refractivity (Wildman–Crippen MR) is 41.5 cm³/mol. The van der Waals surface area contributed by atoms with Crippen molar-refractivity contribution in [2.75, 3.05) is 6.79 Å². The molecule has 0 aliphatic carbocycles. The number of hydrogen-bond donors (Lipinski definition) is 1. The third-order valence-electron chi connectivity index (χ3n) is 0.674. The summed E-state index contributed by atoms with van der Waals surface area (Å²) in [5, 5.41) is 14.6. The molecule has 60 valence electrons. The molecule has 11 heavy (non-hydrogen) atoms. The monoisotopic (exact) mass is 154 g/mol. The van der Waals surface area contributed by atoms with Gasteiger partial charge in [-0.15, -0.1) is 5.11 Å². The number of hydrogen-bond acceptors (Lipinski definition) is 4. The Morgan fingerprint density at radius 1 is 1.36 bits per heavy atom. The molecule has 0 saturated carbocycles. The van der Waals surface area contributed by atoms with Crippen LogP contribution in [-0.4, -0.2) is 11.9 Å². The molecule has 0 aromatic carbocycles. The highest BCUT2D eigenvalue weighted by Gasteiger charge is 1.67. The van der Waals surface area contributed by atoms with Gasteiger partial charge in [0.15, 0.2) is 0 Å². The smallest absolute Gasteiger partial charge is 0.215 e. The zero-order valence-corrected chi connectivity index (χ0v) is 6.05. The van der Waals surface area contributed by atoms with Crippen molar-refractivity contribution in [2.24, 2.45) is 10.4 Å². The van der Waals surface area contributed by atoms with Crippen LogP contribution < -0.4 is 0 Å². The molecule has 0 rings (SSSR count). The Kier molecular flexibility index (Phi) is 7.47. The van der Waals surface area contributed by atoms with Crippen LogP contribution >= 0.6 is 0 Å². The van der Waals surface area contributed by atoms with Crippen LogP contribution in [0, 0.1) is 0 Å². The second-order valence-electron chi connectivity index (χ2n) is 1.42. The topological polar surface area (TPSA) is 54.2 Å². The minimum absolute atomic E-state index is 0.458. The molecule has 0 bridgehead atoms. The zero-order chi connectivity index (χ0) is 8.36. The number of aliphatic hydroxyl groups excluding tert-OH is 1. The summed E-state index contributed by atoms with van der Waals surface area (Å²) in [5.41, 5.74) is 0. The van der Waals surface area contributed by atoms with E-state index >= 15 is 0 Å². The predicted octanol–water partition coefficient (Wildman–Crippen LogP) is 1.58. The Morgan fingerprint density at radius 2 is 2.18 bits per heavy atom. The van der Waals surface area contributed by atoms with E-state index in [0.717, 1.165) is 0 Å². The normalized spacial score (nSPS) is 11.7. The lowest BCUT2D eigenvalue weighted by Gasteiger charge is -1.83. The molecule has 0 radical (unpaired) electrons. The van der Waals surface area contributed by atoms with E-state index in [9.17, 15) is 0 Å². The highest BCUT2D eigenvalue weighted by atomic mass is 16.7. The lowest BCUT2D eigenvalue weighted by atomic mass is 10.5. The van der Waals surface area contributed by atoms with Gasteiger partial charge in [0, 0.05) is 5.28 Å². The summed E-state index contributed by atoms with van der Waals surface area (Å²) in [6.45, 7) is 3.02. The maximum Gasteiger partial charge on any atom is 0.215 e. The van der Waals surface area contributed by atoms with E-state index in [0.29, 0.717) is 0 Å². The summed E-state index contributed by atoms with van der Waals surface area (Å²) in [4.78, 5) is 4.16. The van der Waals surface area contributed by atoms with Gasteiger partial charge in [-0.25, -0.2) is 0 Å². The minimum Gasteiger partial charge on any atom is -0.359 e. The Balaban J connectivity index is 3.42. The molecule has 4 nitrogen and oxygen atoms in total. The molecule has 0 amide bonds. The first-order valence-corrected chi connectivity index (χ1v) is 2.99. The highest BCUT2D eigenvalue weighted by molar-refractivity contribution is 5.07. The largest absolute Gasteiger partial charge is 0.359 e. The molecule has 0 aromatic heterocycles. The third kappa shape index (κ3) is 8.58. The molecular weight excluding hydrogens is 144 g/mol. The summed E-state index contributed by atoms with van der Waals surface area (Å²) in [7, 11) is 0. The first kappa shape index (κ1) is 9.58. The Hall–Kier alpha value is -1.42. The fourth-order valence-corrected chi connectivity index (χ4v) is 0.317. The van der Waals surface area contributed by atoms with E-state index in [-0.39, 0.29) is 0 Å². The molecule has 0 fully saturated rings. The maximum atomic E-state index is 8.08. The van der Waals surface area contributed by atoms with Gasteiger partial charge in [0.25, 0.3) is 0 Å². The lowest BCUT2D eigenvalue weighted by molar-refractivity contribution is -0.00840.